The van der Waals surface area contributed by atoms with Gasteiger partial charge in [-0.05, 0) is 37.6 Å². The molecule has 0 radical (unpaired) electrons. The van der Waals surface area contributed by atoms with E-state index < -0.39 is 0 Å². The van der Waals surface area contributed by atoms with Gasteiger partial charge in [-0.1, -0.05) is 0 Å². The predicted octanol–water partition coefficient (Wildman–Crippen LogP) is 2.05. The number of amides is 1. The lowest BCUT2D eigenvalue weighted by atomic mass is 10.3. The fourth-order valence-electron chi connectivity index (χ4n) is 1.58. The van der Waals surface area contributed by atoms with Crippen LogP contribution < -0.4 is 10.1 Å². The SMILES string of the molecule is CCOC(=O)CCNC(=O)CCCOc1ccc(F)cc1. The van der Waals surface area contributed by atoms with E-state index in [2.05, 4.69) is 5.32 Å². The largest absolute Gasteiger partial charge is 0.494 e. The van der Waals surface area contributed by atoms with E-state index in [1.165, 1.54) is 24.3 Å². The van der Waals surface area contributed by atoms with Crippen LogP contribution >= 0.6 is 0 Å². The van der Waals surface area contributed by atoms with Crippen LogP contribution in [0.1, 0.15) is 26.2 Å². The fraction of sp³-hybridized carbons (Fsp3) is 0.467. The molecule has 116 valence electrons. The molecule has 0 spiro atoms. The molecule has 1 rings (SSSR count). The number of ether oxygens (including phenoxy) is 2. The van der Waals surface area contributed by atoms with Crippen LogP contribution in [0, 0.1) is 5.82 Å². The van der Waals surface area contributed by atoms with Crippen LogP contribution in [-0.2, 0) is 14.3 Å². The summed E-state index contributed by atoms with van der Waals surface area (Å²) < 4.78 is 22.8. The molecule has 0 aromatic heterocycles. The molecule has 0 fully saturated rings. The van der Waals surface area contributed by atoms with E-state index in [4.69, 9.17) is 9.47 Å². The van der Waals surface area contributed by atoms with Crippen molar-refractivity contribution in [2.45, 2.75) is 26.2 Å². The molecule has 0 unspecified atom stereocenters. The van der Waals surface area contributed by atoms with Crippen molar-refractivity contribution in [1.82, 2.24) is 5.32 Å². The van der Waals surface area contributed by atoms with Crippen molar-refractivity contribution in [3.8, 4) is 5.75 Å². The Hall–Kier alpha value is -2.11. The zero-order valence-corrected chi connectivity index (χ0v) is 12.1. The smallest absolute Gasteiger partial charge is 0.307 e. The van der Waals surface area contributed by atoms with Crippen molar-refractivity contribution < 1.29 is 23.5 Å². The number of hydrogen-bond acceptors (Lipinski definition) is 4. The number of rotatable bonds is 9. The summed E-state index contributed by atoms with van der Waals surface area (Å²) in [6, 6.07) is 5.71. The van der Waals surface area contributed by atoms with Crippen LogP contribution in [0.4, 0.5) is 4.39 Å². The predicted molar refractivity (Wildman–Crippen MR) is 75.4 cm³/mol. The third-order valence-corrected chi connectivity index (χ3v) is 2.59. The minimum Gasteiger partial charge on any atom is -0.494 e. The van der Waals surface area contributed by atoms with E-state index in [0.717, 1.165) is 0 Å². The molecule has 21 heavy (non-hydrogen) atoms. The molecule has 0 bridgehead atoms. The second kappa shape index (κ2) is 9.74. The van der Waals surface area contributed by atoms with Crippen LogP contribution in [-0.4, -0.2) is 31.6 Å². The number of esters is 1. The maximum Gasteiger partial charge on any atom is 0.307 e. The molecule has 6 heteroatoms. The highest BCUT2D eigenvalue weighted by atomic mass is 19.1. The molecule has 5 nitrogen and oxygen atoms in total. The van der Waals surface area contributed by atoms with Gasteiger partial charge in [0.05, 0.1) is 19.6 Å². The summed E-state index contributed by atoms with van der Waals surface area (Å²) in [7, 11) is 0. The van der Waals surface area contributed by atoms with Crippen LogP contribution in [0.15, 0.2) is 24.3 Å². The molecule has 1 aromatic carbocycles. The molecule has 0 saturated carbocycles. The van der Waals surface area contributed by atoms with E-state index >= 15 is 0 Å². The van der Waals surface area contributed by atoms with Gasteiger partial charge in [-0.25, -0.2) is 4.39 Å². The molecule has 1 N–H and O–H groups in total. The summed E-state index contributed by atoms with van der Waals surface area (Å²) in [6.07, 6.45) is 1.03. The van der Waals surface area contributed by atoms with Crippen LogP contribution in [0.25, 0.3) is 0 Å². The first-order chi connectivity index (χ1) is 10.1. The zero-order chi connectivity index (χ0) is 15.5. The van der Waals surface area contributed by atoms with Gasteiger partial charge in [-0.2, -0.15) is 0 Å². The molecule has 1 aromatic rings. The average molecular weight is 297 g/mol. The maximum absolute atomic E-state index is 12.7. The molecule has 0 aliphatic carbocycles. The van der Waals surface area contributed by atoms with Crippen LogP contribution in [0.3, 0.4) is 0 Å². The molecule has 0 atom stereocenters. The van der Waals surface area contributed by atoms with E-state index in [9.17, 15) is 14.0 Å². The van der Waals surface area contributed by atoms with E-state index in [0.29, 0.717) is 31.8 Å². The van der Waals surface area contributed by atoms with Crippen LogP contribution in [0.5, 0.6) is 5.75 Å². The Morgan fingerprint density at radius 3 is 2.57 bits per heavy atom. The normalized spacial score (nSPS) is 10.0. The Morgan fingerprint density at radius 2 is 1.90 bits per heavy atom. The van der Waals surface area contributed by atoms with E-state index in [1.807, 2.05) is 0 Å². The first-order valence-electron chi connectivity index (χ1n) is 6.92. The number of nitrogens with one attached hydrogen (secondary N) is 1. The average Bonchev–Trinajstić information content (AvgIpc) is 2.46. The highest BCUT2D eigenvalue weighted by Crippen LogP contribution is 2.11. The van der Waals surface area contributed by atoms with Gasteiger partial charge < -0.3 is 14.8 Å². The fourth-order valence-corrected chi connectivity index (χ4v) is 1.58. The number of carbonyl (C=O) groups is 2. The van der Waals surface area contributed by atoms with Gasteiger partial charge >= 0.3 is 5.97 Å². The van der Waals surface area contributed by atoms with Gasteiger partial charge in [0.15, 0.2) is 0 Å². The Labute approximate surface area is 123 Å². The minimum atomic E-state index is -0.322. The standard InChI is InChI=1S/C15H20FNO4/c1-2-20-15(19)9-10-17-14(18)4-3-11-21-13-7-5-12(16)6-8-13/h5-8H,2-4,9-11H2,1H3,(H,17,18). The Kier molecular flexibility index (Phi) is 7.86. The maximum atomic E-state index is 12.7. The number of benzene rings is 1. The van der Waals surface area contributed by atoms with Crippen molar-refractivity contribution in [3.05, 3.63) is 30.1 Å². The van der Waals surface area contributed by atoms with Gasteiger partial charge in [-0.3, -0.25) is 9.59 Å². The number of carbonyl (C=O) groups excluding carboxylic acids is 2. The molecule has 0 aliphatic rings. The van der Waals surface area contributed by atoms with Crippen molar-refractivity contribution in [2.75, 3.05) is 19.8 Å². The summed E-state index contributed by atoms with van der Waals surface area (Å²) in [4.78, 5) is 22.5. The lowest BCUT2D eigenvalue weighted by molar-refractivity contribution is -0.143. The highest BCUT2D eigenvalue weighted by molar-refractivity contribution is 5.77. The van der Waals surface area contributed by atoms with Gasteiger partial charge in [0.1, 0.15) is 11.6 Å². The molecule has 1 amide bonds. The van der Waals surface area contributed by atoms with E-state index in [-0.39, 0.29) is 30.7 Å². The Balaban J connectivity index is 2.05. The monoisotopic (exact) mass is 297 g/mol. The second-order valence-corrected chi connectivity index (χ2v) is 4.31. The molecule has 0 aliphatic heterocycles. The molecule has 0 saturated heterocycles. The molecular formula is C15H20FNO4. The second-order valence-electron chi connectivity index (χ2n) is 4.31. The number of hydrogen-bond donors (Lipinski definition) is 1. The molecular weight excluding hydrogens is 277 g/mol. The zero-order valence-electron chi connectivity index (χ0n) is 12.1. The number of halogens is 1. The minimum absolute atomic E-state index is 0.137. The lowest BCUT2D eigenvalue weighted by Crippen LogP contribution is -2.26. The van der Waals surface area contributed by atoms with Crippen molar-refractivity contribution in [2.24, 2.45) is 0 Å². The van der Waals surface area contributed by atoms with Crippen LogP contribution in [0.2, 0.25) is 0 Å². The van der Waals surface area contributed by atoms with Gasteiger partial charge in [0.2, 0.25) is 5.91 Å². The van der Waals surface area contributed by atoms with Gasteiger partial charge in [0.25, 0.3) is 0 Å². The first-order valence-corrected chi connectivity index (χ1v) is 6.92. The Bertz CT molecular complexity index is 447. The third-order valence-electron chi connectivity index (χ3n) is 2.59. The highest BCUT2D eigenvalue weighted by Gasteiger charge is 2.04. The summed E-state index contributed by atoms with van der Waals surface area (Å²) in [5, 5.41) is 2.63. The quantitative estimate of drug-likeness (QED) is 0.560. The van der Waals surface area contributed by atoms with Gasteiger partial charge in [0, 0.05) is 13.0 Å². The first kappa shape index (κ1) is 16.9. The summed E-state index contributed by atoms with van der Waals surface area (Å²) in [6.45, 7) is 2.72. The summed E-state index contributed by atoms with van der Waals surface area (Å²) in [5.41, 5.74) is 0. The summed E-state index contributed by atoms with van der Waals surface area (Å²) in [5.74, 6) is -0.207. The van der Waals surface area contributed by atoms with Crippen molar-refractivity contribution in [3.63, 3.8) is 0 Å². The third kappa shape index (κ3) is 7.91. The van der Waals surface area contributed by atoms with Crippen molar-refractivity contribution in [1.29, 1.82) is 0 Å². The Morgan fingerprint density at radius 1 is 1.19 bits per heavy atom. The van der Waals surface area contributed by atoms with E-state index in [1.54, 1.807) is 6.92 Å². The topological polar surface area (TPSA) is 64.6 Å². The van der Waals surface area contributed by atoms with Crippen molar-refractivity contribution >= 4 is 11.9 Å². The lowest BCUT2D eigenvalue weighted by Gasteiger charge is -2.07. The summed E-state index contributed by atoms with van der Waals surface area (Å²) >= 11 is 0. The molecule has 0 heterocycles. The van der Waals surface area contributed by atoms with Gasteiger partial charge in [-0.15, -0.1) is 0 Å².